The van der Waals surface area contributed by atoms with E-state index in [9.17, 15) is 4.79 Å². The molecule has 1 aromatic carbocycles. The van der Waals surface area contributed by atoms with Gasteiger partial charge >= 0.3 is 5.97 Å². The maximum atomic E-state index is 11.4. The van der Waals surface area contributed by atoms with Crippen molar-refractivity contribution in [3.05, 3.63) is 35.9 Å². The van der Waals surface area contributed by atoms with Crippen molar-refractivity contribution < 1.29 is 9.53 Å². The van der Waals surface area contributed by atoms with Crippen LogP contribution in [0.5, 0.6) is 5.75 Å². The van der Waals surface area contributed by atoms with Crippen LogP contribution in [-0.4, -0.2) is 19.6 Å². The Morgan fingerprint density at radius 2 is 2.28 bits per heavy atom. The van der Waals surface area contributed by atoms with E-state index in [0.717, 1.165) is 23.4 Å². The number of likely N-dealkylation sites (N-methyl/N-ethyl adjacent to an activating group) is 1. The van der Waals surface area contributed by atoms with Crippen LogP contribution in [0.3, 0.4) is 0 Å². The summed E-state index contributed by atoms with van der Waals surface area (Å²) in [5.41, 5.74) is 3.25. The number of carbonyl (C=O) groups is 1. The molecule has 0 N–H and O–H groups in total. The van der Waals surface area contributed by atoms with Gasteiger partial charge in [0, 0.05) is 25.3 Å². The van der Waals surface area contributed by atoms with Crippen LogP contribution in [0.25, 0.3) is 0 Å². The quantitative estimate of drug-likeness (QED) is 0.465. The van der Waals surface area contributed by atoms with Crippen LogP contribution in [0.2, 0.25) is 0 Å². The summed E-state index contributed by atoms with van der Waals surface area (Å²) in [6, 6.07) is 6.06. The Kier molecular flexibility index (Phi) is 3.41. The van der Waals surface area contributed by atoms with Gasteiger partial charge in [-0.3, -0.25) is 4.79 Å². The molecule has 96 valence electrons. The van der Waals surface area contributed by atoms with Crippen molar-refractivity contribution in [2.24, 2.45) is 0 Å². The molecule has 1 aliphatic heterocycles. The molecular formula is C15H19NO2. The van der Waals surface area contributed by atoms with Gasteiger partial charge in [-0.1, -0.05) is 25.1 Å². The summed E-state index contributed by atoms with van der Waals surface area (Å²) < 4.78 is 5.31. The second-order valence-corrected chi connectivity index (χ2v) is 5.11. The SMILES string of the molecule is C=C(C)CN(C)c1ccc2c(c1)OC(=O)CC2C. The topological polar surface area (TPSA) is 29.5 Å². The third-order valence-electron chi connectivity index (χ3n) is 3.17. The molecule has 0 amide bonds. The molecule has 0 aliphatic carbocycles. The highest BCUT2D eigenvalue weighted by atomic mass is 16.5. The predicted molar refractivity (Wildman–Crippen MR) is 73.2 cm³/mol. The van der Waals surface area contributed by atoms with E-state index < -0.39 is 0 Å². The first-order valence-electron chi connectivity index (χ1n) is 6.17. The molecule has 1 atom stereocenters. The number of hydrogen-bond donors (Lipinski definition) is 0. The fraction of sp³-hybridized carbons (Fsp3) is 0.400. The van der Waals surface area contributed by atoms with Gasteiger partial charge in [0.2, 0.25) is 0 Å². The maximum absolute atomic E-state index is 11.4. The summed E-state index contributed by atoms with van der Waals surface area (Å²) in [5.74, 6) is 0.793. The number of benzene rings is 1. The Morgan fingerprint density at radius 1 is 1.56 bits per heavy atom. The highest BCUT2D eigenvalue weighted by Gasteiger charge is 2.24. The third kappa shape index (κ3) is 2.55. The van der Waals surface area contributed by atoms with Gasteiger partial charge in [0.15, 0.2) is 0 Å². The smallest absolute Gasteiger partial charge is 0.311 e. The largest absolute Gasteiger partial charge is 0.426 e. The molecule has 0 saturated heterocycles. The maximum Gasteiger partial charge on any atom is 0.311 e. The summed E-state index contributed by atoms with van der Waals surface area (Å²) >= 11 is 0. The summed E-state index contributed by atoms with van der Waals surface area (Å²) in [7, 11) is 2.00. The minimum absolute atomic E-state index is 0.144. The van der Waals surface area contributed by atoms with Gasteiger partial charge in [-0.15, -0.1) is 0 Å². The standard InChI is InChI=1S/C15H19NO2/c1-10(2)9-16(4)12-5-6-13-11(3)7-15(17)18-14(13)8-12/h5-6,8,11H,1,7,9H2,2-4H3. The Hall–Kier alpha value is -1.77. The number of ether oxygens (including phenoxy) is 1. The normalized spacial score (nSPS) is 17.9. The zero-order valence-corrected chi connectivity index (χ0v) is 11.2. The molecule has 1 aliphatic rings. The van der Waals surface area contributed by atoms with E-state index in [4.69, 9.17) is 4.74 Å². The molecule has 2 rings (SSSR count). The van der Waals surface area contributed by atoms with Crippen molar-refractivity contribution in [1.29, 1.82) is 0 Å². The van der Waals surface area contributed by atoms with E-state index >= 15 is 0 Å². The summed E-state index contributed by atoms with van der Waals surface area (Å²) in [5, 5.41) is 0. The number of anilines is 1. The van der Waals surface area contributed by atoms with Gasteiger partial charge < -0.3 is 9.64 Å². The average molecular weight is 245 g/mol. The minimum atomic E-state index is -0.144. The van der Waals surface area contributed by atoms with E-state index in [1.54, 1.807) is 0 Å². The first-order valence-corrected chi connectivity index (χ1v) is 6.17. The van der Waals surface area contributed by atoms with E-state index in [2.05, 4.69) is 30.5 Å². The molecule has 0 saturated carbocycles. The third-order valence-corrected chi connectivity index (χ3v) is 3.17. The highest BCUT2D eigenvalue weighted by Crippen LogP contribution is 2.36. The fourth-order valence-electron chi connectivity index (χ4n) is 2.28. The molecule has 0 bridgehead atoms. The fourth-order valence-corrected chi connectivity index (χ4v) is 2.28. The Labute approximate surface area is 108 Å². The minimum Gasteiger partial charge on any atom is -0.426 e. The molecule has 0 spiro atoms. The van der Waals surface area contributed by atoms with Gasteiger partial charge in [0.1, 0.15) is 5.75 Å². The lowest BCUT2D eigenvalue weighted by Gasteiger charge is -2.25. The number of rotatable bonds is 3. The van der Waals surface area contributed by atoms with Crippen LogP contribution in [0.4, 0.5) is 5.69 Å². The number of esters is 1. The van der Waals surface area contributed by atoms with Gasteiger partial charge in [-0.05, 0) is 24.5 Å². The summed E-state index contributed by atoms with van der Waals surface area (Å²) in [4.78, 5) is 13.5. The van der Waals surface area contributed by atoms with Crippen molar-refractivity contribution in [2.45, 2.75) is 26.2 Å². The highest BCUT2D eigenvalue weighted by molar-refractivity contribution is 5.77. The molecule has 0 fully saturated rings. The Balaban J connectivity index is 2.29. The first kappa shape index (κ1) is 12.7. The molecule has 0 radical (unpaired) electrons. The molecule has 3 nitrogen and oxygen atoms in total. The number of carbonyl (C=O) groups excluding carboxylic acids is 1. The van der Waals surface area contributed by atoms with E-state index in [1.807, 2.05) is 20.0 Å². The van der Waals surface area contributed by atoms with Gasteiger partial charge in [-0.25, -0.2) is 0 Å². The molecule has 18 heavy (non-hydrogen) atoms. The van der Waals surface area contributed by atoms with Gasteiger partial charge in [0.25, 0.3) is 0 Å². The van der Waals surface area contributed by atoms with Crippen molar-refractivity contribution in [2.75, 3.05) is 18.5 Å². The zero-order valence-electron chi connectivity index (χ0n) is 11.2. The molecule has 1 heterocycles. The molecule has 0 aromatic heterocycles. The van der Waals surface area contributed by atoms with Crippen LogP contribution in [0.15, 0.2) is 30.4 Å². The molecule has 1 unspecified atom stereocenters. The first-order chi connectivity index (χ1) is 8.47. The summed E-state index contributed by atoms with van der Waals surface area (Å²) in [6.45, 7) is 8.75. The van der Waals surface area contributed by atoms with E-state index in [1.165, 1.54) is 0 Å². The number of hydrogen-bond acceptors (Lipinski definition) is 3. The number of nitrogens with zero attached hydrogens (tertiary/aromatic N) is 1. The molecule has 3 heteroatoms. The van der Waals surface area contributed by atoms with Crippen molar-refractivity contribution in [3.63, 3.8) is 0 Å². The summed E-state index contributed by atoms with van der Waals surface area (Å²) in [6.07, 6.45) is 0.466. The van der Waals surface area contributed by atoms with Crippen LogP contribution < -0.4 is 9.64 Å². The predicted octanol–water partition coefficient (Wildman–Crippen LogP) is 3.11. The lowest BCUT2D eigenvalue weighted by atomic mass is 9.94. The van der Waals surface area contributed by atoms with Crippen molar-refractivity contribution in [3.8, 4) is 5.75 Å². The van der Waals surface area contributed by atoms with Crippen molar-refractivity contribution in [1.82, 2.24) is 0 Å². The second-order valence-electron chi connectivity index (χ2n) is 5.11. The molecular weight excluding hydrogens is 226 g/mol. The molecule has 1 aromatic rings. The lowest BCUT2D eigenvalue weighted by Crippen LogP contribution is -2.21. The van der Waals surface area contributed by atoms with Crippen LogP contribution in [0, 0.1) is 0 Å². The second kappa shape index (κ2) is 4.84. The Bertz CT molecular complexity index is 493. The number of fused-ring (bicyclic) bond motifs is 1. The average Bonchev–Trinajstić information content (AvgIpc) is 2.26. The van der Waals surface area contributed by atoms with Gasteiger partial charge in [0.05, 0.1) is 6.42 Å². The van der Waals surface area contributed by atoms with Crippen LogP contribution >= 0.6 is 0 Å². The van der Waals surface area contributed by atoms with E-state index in [-0.39, 0.29) is 11.9 Å². The Morgan fingerprint density at radius 3 is 2.94 bits per heavy atom. The van der Waals surface area contributed by atoms with Gasteiger partial charge in [-0.2, -0.15) is 0 Å². The lowest BCUT2D eigenvalue weighted by molar-refractivity contribution is -0.135. The zero-order chi connectivity index (χ0) is 13.3. The van der Waals surface area contributed by atoms with Crippen LogP contribution in [-0.2, 0) is 4.79 Å². The van der Waals surface area contributed by atoms with Crippen LogP contribution in [0.1, 0.15) is 31.7 Å². The monoisotopic (exact) mass is 245 g/mol. The van der Waals surface area contributed by atoms with Crippen molar-refractivity contribution >= 4 is 11.7 Å². The van der Waals surface area contributed by atoms with E-state index in [0.29, 0.717) is 12.2 Å².